The van der Waals surface area contributed by atoms with Crippen LogP contribution in [0.3, 0.4) is 0 Å². The van der Waals surface area contributed by atoms with E-state index in [0.29, 0.717) is 28.0 Å². The molecule has 3 rings (SSSR count). The average molecular weight is 607 g/mol. The van der Waals surface area contributed by atoms with Crippen LogP contribution in [0.4, 0.5) is 5.69 Å². The summed E-state index contributed by atoms with van der Waals surface area (Å²) in [6.07, 6.45) is 1.02. The molecule has 40 heavy (non-hydrogen) atoms. The lowest BCUT2D eigenvalue weighted by Gasteiger charge is -2.32. The van der Waals surface area contributed by atoms with Gasteiger partial charge < -0.3 is 15.0 Å². The second-order valence-corrected chi connectivity index (χ2v) is 12.4. The average Bonchev–Trinajstić information content (AvgIpc) is 2.89. The van der Waals surface area contributed by atoms with Crippen LogP contribution in [-0.4, -0.2) is 50.0 Å². The maximum atomic E-state index is 13.7. The zero-order valence-electron chi connectivity index (χ0n) is 22.8. The van der Waals surface area contributed by atoms with Crippen molar-refractivity contribution in [2.45, 2.75) is 46.0 Å². The molecule has 1 N–H and O–H groups in total. The molecule has 0 saturated carbocycles. The van der Waals surface area contributed by atoms with Crippen molar-refractivity contribution < 1.29 is 22.7 Å². The van der Waals surface area contributed by atoms with Crippen LogP contribution in [0.25, 0.3) is 0 Å². The monoisotopic (exact) mass is 605 g/mol. The number of anilines is 1. The third-order valence-corrected chi connectivity index (χ3v) is 7.73. The molecular weight excluding hydrogens is 573 g/mol. The third-order valence-electron chi connectivity index (χ3n) is 6.01. The summed E-state index contributed by atoms with van der Waals surface area (Å²) in [5, 5.41) is 3.55. The number of nitrogens with zero attached hydrogens (tertiary/aromatic N) is 2. The van der Waals surface area contributed by atoms with Gasteiger partial charge in [0.15, 0.2) is 0 Å². The predicted molar refractivity (Wildman–Crippen MR) is 159 cm³/mol. The van der Waals surface area contributed by atoms with E-state index in [9.17, 15) is 18.0 Å². The number of hydrogen-bond acceptors (Lipinski definition) is 5. The standard InChI is InChI=1S/C29H33Cl2N3O5S/c1-20(2)32-29(36)21(3)33(17-23-10-11-24(30)16-27(23)31)28(35)18-34(40(4,37)38)25-12-14-26(15-13-25)39-19-22-8-6-5-7-9-22/h5-16,20-21H,17-19H2,1-4H3,(H,32,36). The van der Waals surface area contributed by atoms with Gasteiger partial charge in [-0.05, 0) is 68.3 Å². The summed E-state index contributed by atoms with van der Waals surface area (Å²) in [6.45, 7) is 5.02. The Bertz CT molecular complexity index is 1420. The van der Waals surface area contributed by atoms with Crippen molar-refractivity contribution in [3.8, 4) is 5.75 Å². The van der Waals surface area contributed by atoms with Crippen LogP contribution >= 0.6 is 23.2 Å². The van der Waals surface area contributed by atoms with Gasteiger partial charge >= 0.3 is 0 Å². The van der Waals surface area contributed by atoms with Crippen LogP contribution < -0.4 is 14.4 Å². The number of benzene rings is 3. The number of halogens is 2. The molecule has 0 radical (unpaired) electrons. The Morgan fingerprint density at radius 3 is 2.17 bits per heavy atom. The maximum Gasteiger partial charge on any atom is 0.244 e. The molecule has 0 spiro atoms. The molecule has 0 aliphatic rings. The van der Waals surface area contributed by atoms with Crippen LogP contribution in [0.1, 0.15) is 31.9 Å². The topological polar surface area (TPSA) is 96.0 Å². The number of hydrogen-bond donors (Lipinski definition) is 1. The van der Waals surface area contributed by atoms with Gasteiger partial charge in [0.25, 0.3) is 0 Å². The van der Waals surface area contributed by atoms with Crippen LogP contribution in [-0.2, 0) is 32.8 Å². The Morgan fingerprint density at radius 1 is 0.950 bits per heavy atom. The number of amides is 2. The van der Waals surface area contributed by atoms with Gasteiger partial charge in [-0.1, -0.05) is 59.6 Å². The minimum Gasteiger partial charge on any atom is -0.489 e. The Morgan fingerprint density at radius 2 is 1.60 bits per heavy atom. The van der Waals surface area contributed by atoms with Crippen LogP contribution in [0.2, 0.25) is 10.0 Å². The van der Waals surface area contributed by atoms with E-state index in [1.165, 1.54) is 4.90 Å². The minimum atomic E-state index is -3.87. The molecule has 0 aliphatic heterocycles. The molecule has 214 valence electrons. The fraction of sp³-hybridized carbons (Fsp3) is 0.310. The highest BCUT2D eigenvalue weighted by Crippen LogP contribution is 2.25. The first kappa shape index (κ1) is 31.3. The molecular formula is C29H33Cl2N3O5S. The largest absolute Gasteiger partial charge is 0.489 e. The summed E-state index contributed by atoms with van der Waals surface area (Å²) in [4.78, 5) is 27.8. The van der Waals surface area contributed by atoms with Crippen molar-refractivity contribution in [1.29, 1.82) is 0 Å². The maximum absolute atomic E-state index is 13.7. The second-order valence-electron chi connectivity index (χ2n) is 9.63. The van der Waals surface area contributed by atoms with Gasteiger partial charge in [-0.2, -0.15) is 0 Å². The van der Waals surface area contributed by atoms with Crippen molar-refractivity contribution in [2.75, 3.05) is 17.1 Å². The van der Waals surface area contributed by atoms with Crippen LogP contribution in [0, 0.1) is 0 Å². The summed E-state index contributed by atoms with van der Waals surface area (Å²) in [7, 11) is -3.87. The first-order valence-corrected chi connectivity index (χ1v) is 15.2. The zero-order valence-corrected chi connectivity index (χ0v) is 25.1. The van der Waals surface area contributed by atoms with Crippen molar-refractivity contribution in [1.82, 2.24) is 10.2 Å². The number of carbonyl (C=O) groups is 2. The molecule has 0 aromatic heterocycles. The first-order chi connectivity index (χ1) is 18.8. The Labute approximate surface area is 245 Å². The highest BCUT2D eigenvalue weighted by atomic mass is 35.5. The second kappa shape index (κ2) is 13.9. The number of nitrogens with one attached hydrogen (secondary N) is 1. The van der Waals surface area contributed by atoms with E-state index in [1.807, 2.05) is 44.2 Å². The van der Waals surface area contributed by atoms with E-state index >= 15 is 0 Å². The number of carbonyl (C=O) groups excluding carboxylic acids is 2. The van der Waals surface area contributed by atoms with E-state index in [4.69, 9.17) is 27.9 Å². The van der Waals surface area contributed by atoms with E-state index in [2.05, 4.69) is 5.32 Å². The fourth-order valence-corrected chi connectivity index (χ4v) is 5.20. The number of sulfonamides is 1. The Kier molecular flexibility index (Phi) is 10.8. The fourth-order valence-electron chi connectivity index (χ4n) is 3.88. The number of ether oxygens (including phenoxy) is 1. The van der Waals surface area contributed by atoms with Crippen molar-refractivity contribution in [2.24, 2.45) is 0 Å². The van der Waals surface area contributed by atoms with Gasteiger partial charge in [0.05, 0.1) is 11.9 Å². The summed E-state index contributed by atoms with van der Waals surface area (Å²) < 4.78 is 32.4. The van der Waals surface area contributed by atoms with Gasteiger partial charge in [0.1, 0.15) is 24.9 Å². The molecule has 8 nitrogen and oxygen atoms in total. The van der Waals surface area contributed by atoms with Gasteiger partial charge in [-0.15, -0.1) is 0 Å². The molecule has 11 heteroatoms. The van der Waals surface area contributed by atoms with E-state index in [1.54, 1.807) is 49.4 Å². The molecule has 1 atom stereocenters. The quantitative estimate of drug-likeness (QED) is 0.303. The SMILES string of the molecule is CC(C)NC(=O)C(C)N(Cc1ccc(Cl)cc1Cl)C(=O)CN(c1ccc(OCc2ccccc2)cc1)S(C)(=O)=O. The molecule has 1 unspecified atom stereocenters. The van der Waals surface area contributed by atoms with Crippen LogP contribution in [0.5, 0.6) is 5.75 Å². The normalized spacial score (nSPS) is 12.1. The molecule has 0 fully saturated rings. The smallest absolute Gasteiger partial charge is 0.244 e. The predicted octanol–water partition coefficient (Wildman–Crippen LogP) is 5.28. The lowest BCUT2D eigenvalue weighted by Crippen LogP contribution is -2.52. The Hall–Kier alpha value is -3.27. The van der Waals surface area contributed by atoms with Gasteiger partial charge in [-0.3, -0.25) is 13.9 Å². The molecule has 0 bridgehead atoms. The molecule has 3 aromatic carbocycles. The van der Waals surface area contributed by atoms with Crippen LogP contribution in [0.15, 0.2) is 72.8 Å². The molecule has 0 heterocycles. The lowest BCUT2D eigenvalue weighted by atomic mass is 10.1. The third kappa shape index (κ3) is 8.87. The molecule has 0 saturated heterocycles. The molecule has 0 aliphatic carbocycles. The van der Waals surface area contributed by atoms with Gasteiger partial charge in [-0.25, -0.2) is 8.42 Å². The summed E-state index contributed by atoms with van der Waals surface area (Å²) in [6, 6.07) is 19.9. The van der Waals surface area contributed by atoms with E-state index in [0.717, 1.165) is 16.1 Å². The van der Waals surface area contributed by atoms with Gasteiger partial charge in [0, 0.05) is 22.6 Å². The highest BCUT2D eigenvalue weighted by molar-refractivity contribution is 7.92. The van der Waals surface area contributed by atoms with Crippen molar-refractivity contribution in [3.05, 3.63) is 94.0 Å². The van der Waals surface area contributed by atoms with E-state index in [-0.39, 0.29) is 24.2 Å². The summed E-state index contributed by atoms with van der Waals surface area (Å²) in [5.74, 6) is -0.406. The first-order valence-electron chi connectivity index (χ1n) is 12.6. The summed E-state index contributed by atoms with van der Waals surface area (Å²) >= 11 is 12.4. The van der Waals surface area contributed by atoms with Crippen molar-refractivity contribution >= 4 is 50.7 Å². The Balaban J connectivity index is 1.84. The number of rotatable bonds is 12. The summed E-state index contributed by atoms with van der Waals surface area (Å²) in [5.41, 5.74) is 1.84. The molecule has 3 aromatic rings. The zero-order chi connectivity index (χ0) is 29.4. The highest BCUT2D eigenvalue weighted by Gasteiger charge is 2.30. The minimum absolute atomic E-state index is 0.0224. The van der Waals surface area contributed by atoms with Crippen molar-refractivity contribution in [3.63, 3.8) is 0 Å². The van der Waals surface area contributed by atoms with E-state index < -0.39 is 28.5 Å². The van der Waals surface area contributed by atoms with Gasteiger partial charge in [0.2, 0.25) is 21.8 Å². The molecule has 2 amide bonds. The lowest BCUT2D eigenvalue weighted by molar-refractivity contribution is -0.139.